The van der Waals surface area contributed by atoms with Gasteiger partial charge in [0.05, 0.1) is 18.6 Å². The largest absolute Gasteiger partial charge is 0.497 e. The summed E-state index contributed by atoms with van der Waals surface area (Å²) in [6.07, 6.45) is 1.60. The molecule has 8 nitrogen and oxygen atoms in total. The van der Waals surface area contributed by atoms with Crippen molar-refractivity contribution >= 4 is 52.3 Å². The van der Waals surface area contributed by atoms with E-state index in [4.69, 9.17) is 21.7 Å². The maximum absolute atomic E-state index is 12.8. The predicted octanol–water partition coefficient (Wildman–Crippen LogP) is 2.59. The highest BCUT2D eigenvalue weighted by molar-refractivity contribution is 8.26. The lowest BCUT2D eigenvalue weighted by atomic mass is 10.2. The molecule has 0 aromatic heterocycles. The highest BCUT2D eigenvalue weighted by Gasteiger charge is 2.33. The highest BCUT2D eigenvalue weighted by atomic mass is 32.2. The van der Waals surface area contributed by atoms with Crippen LogP contribution in [0.15, 0.2) is 29.2 Å². The molecule has 3 amide bonds. The monoisotopic (exact) mass is 463 g/mol. The second kappa shape index (κ2) is 10.6. The number of ether oxygens (including phenoxy) is 2. The van der Waals surface area contributed by atoms with Gasteiger partial charge >= 0.3 is 6.09 Å². The minimum Gasteiger partial charge on any atom is -0.497 e. The predicted molar refractivity (Wildman–Crippen MR) is 123 cm³/mol. The van der Waals surface area contributed by atoms with Gasteiger partial charge in [-0.3, -0.25) is 14.5 Å². The lowest BCUT2D eigenvalue weighted by Gasteiger charge is -2.34. The molecule has 2 aliphatic heterocycles. The van der Waals surface area contributed by atoms with Gasteiger partial charge in [0.2, 0.25) is 5.91 Å². The fourth-order valence-corrected chi connectivity index (χ4v) is 4.60. The molecule has 166 valence electrons. The summed E-state index contributed by atoms with van der Waals surface area (Å²) in [5, 5.41) is 0. The molecule has 0 atom stereocenters. The van der Waals surface area contributed by atoms with Crippen molar-refractivity contribution in [1.29, 1.82) is 0 Å². The molecule has 0 aliphatic carbocycles. The number of nitrogens with zero attached hydrogens (tertiary/aromatic N) is 3. The van der Waals surface area contributed by atoms with Crippen molar-refractivity contribution in [2.75, 3.05) is 46.4 Å². The van der Waals surface area contributed by atoms with E-state index in [1.54, 1.807) is 29.9 Å². The average molecular weight is 464 g/mol. The standard InChI is InChI=1S/C21H25N3O5S2/c1-3-29-20(27)23-11-9-22(10-12-23)18(25)7-8-24-19(26)17(31-21(24)30)14-15-5-4-6-16(13-15)28-2/h4-6,13-14H,3,7-12H2,1-2H3/b17-14-. The zero-order chi connectivity index (χ0) is 22.4. The molecule has 0 unspecified atom stereocenters. The first-order chi connectivity index (χ1) is 14.9. The smallest absolute Gasteiger partial charge is 0.409 e. The molecular weight excluding hydrogens is 438 g/mol. The van der Waals surface area contributed by atoms with E-state index in [2.05, 4.69) is 0 Å². The van der Waals surface area contributed by atoms with Gasteiger partial charge in [-0.2, -0.15) is 0 Å². The van der Waals surface area contributed by atoms with Crippen LogP contribution >= 0.6 is 24.0 Å². The lowest BCUT2D eigenvalue weighted by molar-refractivity contribution is -0.133. The summed E-state index contributed by atoms with van der Waals surface area (Å²) < 4.78 is 10.7. The Morgan fingerprint density at radius 2 is 1.90 bits per heavy atom. The number of thiocarbonyl (C=S) groups is 1. The Hall–Kier alpha value is -2.59. The fraction of sp³-hybridized carbons (Fsp3) is 0.429. The van der Waals surface area contributed by atoms with Crippen LogP contribution in [0.2, 0.25) is 0 Å². The second-order valence-corrected chi connectivity index (χ2v) is 8.60. The lowest BCUT2D eigenvalue weighted by Crippen LogP contribution is -2.51. The molecule has 2 fully saturated rings. The number of methoxy groups -OCH3 is 1. The van der Waals surface area contributed by atoms with Crippen LogP contribution in [-0.4, -0.2) is 83.4 Å². The number of hydrogen-bond acceptors (Lipinski definition) is 7. The van der Waals surface area contributed by atoms with E-state index in [0.29, 0.717) is 47.8 Å². The molecule has 31 heavy (non-hydrogen) atoms. The van der Waals surface area contributed by atoms with E-state index in [0.717, 1.165) is 5.56 Å². The van der Waals surface area contributed by atoms with E-state index in [1.807, 2.05) is 24.3 Å². The van der Waals surface area contributed by atoms with Crippen molar-refractivity contribution in [1.82, 2.24) is 14.7 Å². The molecule has 2 aliphatic rings. The Bertz CT molecular complexity index is 897. The maximum atomic E-state index is 12.8. The van der Waals surface area contributed by atoms with Gasteiger partial charge in [0.15, 0.2) is 0 Å². The van der Waals surface area contributed by atoms with Gasteiger partial charge in [0.1, 0.15) is 10.1 Å². The number of carbonyl (C=O) groups is 3. The van der Waals surface area contributed by atoms with Crippen molar-refractivity contribution < 1.29 is 23.9 Å². The van der Waals surface area contributed by atoms with Crippen LogP contribution in [0.25, 0.3) is 6.08 Å². The Labute approximate surface area is 191 Å². The molecule has 2 heterocycles. The van der Waals surface area contributed by atoms with Gasteiger partial charge < -0.3 is 19.3 Å². The summed E-state index contributed by atoms with van der Waals surface area (Å²) in [5.41, 5.74) is 0.843. The molecule has 3 rings (SSSR count). The Balaban J connectivity index is 1.53. The van der Waals surface area contributed by atoms with Gasteiger partial charge in [-0.05, 0) is 30.7 Å². The quantitative estimate of drug-likeness (QED) is 0.474. The van der Waals surface area contributed by atoms with Crippen molar-refractivity contribution in [3.8, 4) is 5.75 Å². The Morgan fingerprint density at radius 1 is 1.19 bits per heavy atom. The van der Waals surface area contributed by atoms with E-state index in [9.17, 15) is 14.4 Å². The van der Waals surface area contributed by atoms with Crippen LogP contribution in [0.4, 0.5) is 4.79 Å². The van der Waals surface area contributed by atoms with Crippen molar-refractivity contribution in [3.05, 3.63) is 34.7 Å². The number of carbonyl (C=O) groups excluding carboxylic acids is 3. The van der Waals surface area contributed by atoms with Gasteiger partial charge in [0, 0.05) is 39.1 Å². The molecule has 0 radical (unpaired) electrons. The number of benzene rings is 1. The van der Waals surface area contributed by atoms with Crippen LogP contribution in [0.1, 0.15) is 18.9 Å². The average Bonchev–Trinajstić information content (AvgIpc) is 3.04. The van der Waals surface area contributed by atoms with Crippen LogP contribution in [0, 0.1) is 0 Å². The van der Waals surface area contributed by atoms with Crippen molar-refractivity contribution in [3.63, 3.8) is 0 Å². The fourth-order valence-electron chi connectivity index (χ4n) is 3.29. The second-order valence-electron chi connectivity index (χ2n) is 6.93. The summed E-state index contributed by atoms with van der Waals surface area (Å²) in [4.78, 5) is 42.4. The van der Waals surface area contributed by atoms with E-state index in [-0.39, 0.29) is 30.9 Å². The third-order valence-electron chi connectivity index (χ3n) is 4.97. The van der Waals surface area contributed by atoms with Crippen molar-refractivity contribution in [2.24, 2.45) is 0 Å². The summed E-state index contributed by atoms with van der Waals surface area (Å²) >= 11 is 6.59. The summed E-state index contributed by atoms with van der Waals surface area (Å²) in [5.74, 6) is 0.449. The molecule has 0 N–H and O–H groups in total. The molecule has 0 spiro atoms. The highest BCUT2D eigenvalue weighted by Crippen LogP contribution is 2.33. The van der Waals surface area contributed by atoms with Gasteiger partial charge in [-0.25, -0.2) is 4.79 Å². The summed E-state index contributed by atoms with van der Waals surface area (Å²) in [7, 11) is 1.59. The first-order valence-corrected chi connectivity index (χ1v) is 11.2. The zero-order valence-electron chi connectivity index (χ0n) is 17.5. The summed E-state index contributed by atoms with van der Waals surface area (Å²) in [6, 6.07) is 7.41. The number of amides is 3. The molecule has 1 aromatic rings. The van der Waals surface area contributed by atoms with Gasteiger partial charge in [0.25, 0.3) is 5.91 Å². The number of piperazine rings is 1. The topological polar surface area (TPSA) is 79.4 Å². The minimum absolute atomic E-state index is 0.0608. The van der Waals surface area contributed by atoms with Gasteiger partial charge in [-0.15, -0.1) is 0 Å². The number of rotatable bonds is 6. The third kappa shape index (κ3) is 5.76. The third-order valence-corrected chi connectivity index (χ3v) is 6.35. The minimum atomic E-state index is -0.352. The number of hydrogen-bond donors (Lipinski definition) is 0. The van der Waals surface area contributed by atoms with Gasteiger partial charge in [-0.1, -0.05) is 36.1 Å². The molecular formula is C21H25N3O5S2. The normalized spacial score (nSPS) is 18.0. The van der Waals surface area contributed by atoms with Crippen LogP contribution in [0.3, 0.4) is 0 Å². The van der Waals surface area contributed by atoms with E-state index in [1.165, 1.54) is 16.7 Å². The molecule has 0 saturated carbocycles. The maximum Gasteiger partial charge on any atom is 0.409 e. The van der Waals surface area contributed by atoms with E-state index >= 15 is 0 Å². The van der Waals surface area contributed by atoms with Crippen molar-refractivity contribution in [2.45, 2.75) is 13.3 Å². The first-order valence-electron chi connectivity index (χ1n) is 10.0. The SMILES string of the molecule is CCOC(=O)N1CCN(C(=O)CCN2C(=O)/C(=C/c3cccc(OC)c3)SC2=S)CC1. The molecule has 2 saturated heterocycles. The van der Waals surface area contributed by atoms with Crippen LogP contribution < -0.4 is 4.74 Å². The van der Waals surface area contributed by atoms with Crippen LogP contribution in [0.5, 0.6) is 5.75 Å². The number of thioether (sulfide) groups is 1. The van der Waals surface area contributed by atoms with E-state index < -0.39 is 0 Å². The molecule has 10 heteroatoms. The Kier molecular flexibility index (Phi) is 7.91. The molecule has 0 bridgehead atoms. The Morgan fingerprint density at radius 3 is 2.58 bits per heavy atom. The zero-order valence-corrected chi connectivity index (χ0v) is 19.2. The summed E-state index contributed by atoms with van der Waals surface area (Å²) in [6.45, 7) is 4.10. The van der Waals surface area contributed by atoms with Crippen LogP contribution in [-0.2, 0) is 14.3 Å². The molecule has 1 aromatic carbocycles. The first kappa shape index (κ1) is 23.1.